The lowest BCUT2D eigenvalue weighted by molar-refractivity contribution is -0.109. The van der Waals surface area contributed by atoms with E-state index in [9.17, 15) is 9.59 Å². The van der Waals surface area contributed by atoms with Crippen molar-refractivity contribution in [2.75, 3.05) is 6.61 Å². The van der Waals surface area contributed by atoms with Gasteiger partial charge < -0.3 is 9.15 Å². The Bertz CT molecular complexity index is 583. The summed E-state index contributed by atoms with van der Waals surface area (Å²) in [7, 11) is 0. The predicted octanol–water partition coefficient (Wildman–Crippen LogP) is 1.68. The molecule has 0 aliphatic carbocycles. The Morgan fingerprint density at radius 2 is 2.19 bits per heavy atom. The van der Waals surface area contributed by atoms with Crippen LogP contribution in [0.15, 0.2) is 33.5 Å². The summed E-state index contributed by atoms with van der Waals surface area (Å²) in [5, 5.41) is 0.829. The first-order chi connectivity index (χ1) is 7.70. The molecule has 0 unspecified atom stereocenters. The lowest BCUT2D eigenvalue weighted by Gasteiger charge is -2.03. The van der Waals surface area contributed by atoms with E-state index in [1.165, 1.54) is 0 Å². The van der Waals surface area contributed by atoms with E-state index in [0.29, 0.717) is 23.2 Å². The number of carbonyl (C=O) groups excluding carboxylic acids is 1. The van der Waals surface area contributed by atoms with Gasteiger partial charge >= 0.3 is 5.63 Å². The molecule has 2 rings (SSSR count). The van der Waals surface area contributed by atoms with E-state index in [4.69, 9.17) is 9.15 Å². The second-order valence-electron chi connectivity index (χ2n) is 3.39. The first-order valence-corrected chi connectivity index (χ1v) is 4.81. The van der Waals surface area contributed by atoms with Crippen molar-refractivity contribution in [3.63, 3.8) is 0 Å². The van der Waals surface area contributed by atoms with E-state index in [1.54, 1.807) is 31.2 Å². The lowest BCUT2D eigenvalue weighted by Crippen LogP contribution is -2.02. The summed E-state index contributed by atoms with van der Waals surface area (Å²) >= 11 is 0. The van der Waals surface area contributed by atoms with Crippen LogP contribution in [-0.2, 0) is 4.79 Å². The fourth-order valence-corrected chi connectivity index (χ4v) is 1.41. The van der Waals surface area contributed by atoms with Crippen molar-refractivity contribution in [2.45, 2.75) is 6.92 Å². The van der Waals surface area contributed by atoms with E-state index in [2.05, 4.69) is 0 Å². The molecular formula is C12H10O4. The zero-order valence-electron chi connectivity index (χ0n) is 8.73. The number of aryl methyl sites for hydroxylation is 1. The number of benzene rings is 1. The number of hydrogen-bond acceptors (Lipinski definition) is 4. The van der Waals surface area contributed by atoms with Crippen molar-refractivity contribution in [1.82, 2.24) is 0 Å². The van der Waals surface area contributed by atoms with Crippen molar-refractivity contribution in [2.24, 2.45) is 0 Å². The molecule has 1 aromatic heterocycles. The molecule has 1 aromatic carbocycles. The van der Waals surface area contributed by atoms with Gasteiger partial charge in [0, 0.05) is 17.0 Å². The second-order valence-corrected chi connectivity index (χ2v) is 3.39. The average molecular weight is 218 g/mol. The largest absolute Gasteiger partial charge is 0.486 e. The SMILES string of the molecule is Cc1cc2ccc(OCC=O)cc2oc1=O. The highest BCUT2D eigenvalue weighted by Gasteiger charge is 2.02. The number of aldehydes is 1. The van der Waals surface area contributed by atoms with Crippen LogP contribution < -0.4 is 10.4 Å². The van der Waals surface area contributed by atoms with Gasteiger partial charge in [0.25, 0.3) is 0 Å². The van der Waals surface area contributed by atoms with Crippen LogP contribution in [0, 0.1) is 6.92 Å². The van der Waals surface area contributed by atoms with Crippen LogP contribution in [0.3, 0.4) is 0 Å². The van der Waals surface area contributed by atoms with Crippen LogP contribution in [0.1, 0.15) is 5.56 Å². The van der Waals surface area contributed by atoms with E-state index in [0.717, 1.165) is 5.39 Å². The third kappa shape index (κ3) is 1.95. The van der Waals surface area contributed by atoms with Crippen molar-refractivity contribution >= 4 is 17.3 Å². The molecule has 0 radical (unpaired) electrons. The van der Waals surface area contributed by atoms with Crippen molar-refractivity contribution < 1.29 is 13.9 Å². The molecule has 0 aliphatic heterocycles. The van der Waals surface area contributed by atoms with Gasteiger partial charge in [-0.15, -0.1) is 0 Å². The molecule has 0 atom stereocenters. The Morgan fingerprint density at radius 3 is 2.94 bits per heavy atom. The summed E-state index contributed by atoms with van der Waals surface area (Å²) in [6.07, 6.45) is 0.662. The number of carbonyl (C=O) groups is 1. The topological polar surface area (TPSA) is 56.5 Å². The molecule has 0 saturated heterocycles. The Morgan fingerprint density at radius 1 is 1.38 bits per heavy atom. The van der Waals surface area contributed by atoms with Crippen LogP contribution in [0.4, 0.5) is 0 Å². The van der Waals surface area contributed by atoms with Crippen molar-refractivity contribution in [1.29, 1.82) is 0 Å². The highest BCUT2D eigenvalue weighted by molar-refractivity contribution is 5.78. The fraction of sp³-hybridized carbons (Fsp3) is 0.167. The standard InChI is InChI=1S/C12H10O4/c1-8-6-9-2-3-10(15-5-4-13)7-11(9)16-12(8)14/h2-4,6-7H,5H2,1H3. The summed E-state index contributed by atoms with van der Waals surface area (Å²) in [5.41, 5.74) is 0.660. The molecule has 82 valence electrons. The molecule has 2 aromatic rings. The molecule has 0 spiro atoms. The third-order valence-corrected chi connectivity index (χ3v) is 2.20. The van der Waals surface area contributed by atoms with E-state index in [-0.39, 0.29) is 12.2 Å². The highest BCUT2D eigenvalue weighted by atomic mass is 16.5. The minimum atomic E-state index is -0.361. The van der Waals surface area contributed by atoms with Crippen LogP contribution in [0.25, 0.3) is 11.0 Å². The van der Waals surface area contributed by atoms with Gasteiger partial charge in [0.2, 0.25) is 0 Å². The molecule has 4 nitrogen and oxygen atoms in total. The first kappa shape index (κ1) is 10.4. The zero-order valence-corrected chi connectivity index (χ0v) is 8.73. The van der Waals surface area contributed by atoms with E-state index >= 15 is 0 Å². The highest BCUT2D eigenvalue weighted by Crippen LogP contribution is 2.20. The summed E-state index contributed by atoms with van der Waals surface area (Å²) in [6.45, 7) is 1.68. The van der Waals surface area contributed by atoms with Crippen molar-refractivity contribution in [3.8, 4) is 5.75 Å². The molecule has 16 heavy (non-hydrogen) atoms. The Kier molecular flexibility index (Phi) is 2.72. The molecule has 0 fully saturated rings. The molecule has 0 aliphatic rings. The quantitative estimate of drug-likeness (QED) is 0.581. The molecule has 0 N–H and O–H groups in total. The molecule has 0 saturated carbocycles. The summed E-state index contributed by atoms with van der Waals surface area (Å²) < 4.78 is 10.2. The van der Waals surface area contributed by atoms with Gasteiger partial charge in [-0.05, 0) is 25.1 Å². The van der Waals surface area contributed by atoms with Gasteiger partial charge in [-0.3, -0.25) is 4.79 Å². The number of rotatable bonds is 3. The van der Waals surface area contributed by atoms with Crippen LogP contribution in [-0.4, -0.2) is 12.9 Å². The van der Waals surface area contributed by atoms with E-state index < -0.39 is 0 Å². The number of ether oxygens (including phenoxy) is 1. The fourth-order valence-electron chi connectivity index (χ4n) is 1.41. The van der Waals surface area contributed by atoms with Crippen molar-refractivity contribution in [3.05, 3.63) is 40.2 Å². The average Bonchev–Trinajstić information content (AvgIpc) is 2.28. The molecule has 0 amide bonds. The summed E-state index contributed by atoms with van der Waals surface area (Å²) in [4.78, 5) is 21.4. The second kappa shape index (κ2) is 4.18. The van der Waals surface area contributed by atoms with Crippen LogP contribution in [0.2, 0.25) is 0 Å². The van der Waals surface area contributed by atoms with Gasteiger partial charge in [0.05, 0.1) is 0 Å². The first-order valence-electron chi connectivity index (χ1n) is 4.81. The van der Waals surface area contributed by atoms with Gasteiger partial charge in [0.15, 0.2) is 6.29 Å². The number of hydrogen-bond donors (Lipinski definition) is 0. The Balaban J connectivity index is 2.49. The zero-order chi connectivity index (χ0) is 11.5. The van der Waals surface area contributed by atoms with Gasteiger partial charge in [0.1, 0.15) is 17.9 Å². The maximum Gasteiger partial charge on any atom is 0.339 e. The summed E-state index contributed by atoms with van der Waals surface area (Å²) in [5.74, 6) is 0.506. The molecule has 1 heterocycles. The minimum absolute atomic E-state index is 0.0123. The Hall–Kier alpha value is -2.10. The number of fused-ring (bicyclic) bond motifs is 1. The normalized spacial score (nSPS) is 10.3. The van der Waals surface area contributed by atoms with Gasteiger partial charge in [-0.1, -0.05) is 0 Å². The Labute approximate surface area is 91.4 Å². The van der Waals surface area contributed by atoms with Gasteiger partial charge in [-0.2, -0.15) is 0 Å². The predicted molar refractivity (Wildman–Crippen MR) is 58.8 cm³/mol. The maximum absolute atomic E-state index is 11.3. The van der Waals surface area contributed by atoms with Gasteiger partial charge in [-0.25, -0.2) is 4.79 Å². The van der Waals surface area contributed by atoms with Crippen LogP contribution in [0.5, 0.6) is 5.75 Å². The third-order valence-electron chi connectivity index (χ3n) is 2.20. The smallest absolute Gasteiger partial charge is 0.339 e. The van der Waals surface area contributed by atoms with E-state index in [1.807, 2.05) is 0 Å². The monoisotopic (exact) mass is 218 g/mol. The maximum atomic E-state index is 11.3. The minimum Gasteiger partial charge on any atom is -0.486 e. The summed E-state index contributed by atoms with van der Waals surface area (Å²) in [6, 6.07) is 6.86. The molecule has 0 bridgehead atoms. The molecular weight excluding hydrogens is 208 g/mol. The van der Waals surface area contributed by atoms with Crippen LogP contribution >= 0.6 is 0 Å². The molecule has 4 heteroatoms. The lowest BCUT2D eigenvalue weighted by atomic mass is 10.2.